The van der Waals surface area contributed by atoms with Crippen LogP contribution in [0.25, 0.3) is 0 Å². The SMILES string of the molecule is CC[C@H](C)NS(=O)(=O)c1cc(NC(=O)CC(C)C)ccc1Oc1c(C)c(C(=O)O)nn1C(C)(C)C. The summed E-state index contributed by atoms with van der Waals surface area (Å²) in [6.45, 7) is 14.5. The average molecular weight is 509 g/mol. The number of sulfonamides is 1. The van der Waals surface area contributed by atoms with Gasteiger partial charge in [-0.2, -0.15) is 5.10 Å². The van der Waals surface area contributed by atoms with Gasteiger partial charge in [-0.1, -0.05) is 20.8 Å². The lowest BCUT2D eigenvalue weighted by atomic mass is 10.1. The minimum atomic E-state index is -4.05. The van der Waals surface area contributed by atoms with Crippen LogP contribution >= 0.6 is 0 Å². The van der Waals surface area contributed by atoms with Crippen LogP contribution in [0.4, 0.5) is 5.69 Å². The van der Waals surface area contributed by atoms with Gasteiger partial charge in [-0.05, 0) is 65.2 Å². The van der Waals surface area contributed by atoms with E-state index < -0.39 is 21.5 Å². The molecule has 0 aliphatic rings. The number of nitrogens with zero attached hydrogens (tertiary/aromatic N) is 2. The van der Waals surface area contributed by atoms with Crippen LogP contribution < -0.4 is 14.8 Å². The van der Waals surface area contributed by atoms with Crippen molar-refractivity contribution in [3.63, 3.8) is 0 Å². The average Bonchev–Trinajstić information content (AvgIpc) is 3.04. The first kappa shape index (κ1) is 28.3. The summed E-state index contributed by atoms with van der Waals surface area (Å²) in [4.78, 5) is 23.8. The largest absolute Gasteiger partial charge is 0.476 e. The van der Waals surface area contributed by atoms with E-state index in [1.165, 1.54) is 16.8 Å². The highest BCUT2D eigenvalue weighted by molar-refractivity contribution is 7.89. The minimum absolute atomic E-state index is 0.0203. The second-order valence-electron chi connectivity index (χ2n) is 10.0. The number of anilines is 1. The second-order valence-corrected chi connectivity index (χ2v) is 11.7. The van der Waals surface area contributed by atoms with Crippen LogP contribution in [-0.2, 0) is 20.4 Å². The molecule has 3 N–H and O–H groups in total. The molecule has 0 bridgehead atoms. The van der Waals surface area contributed by atoms with E-state index in [-0.39, 0.29) is 52.1 Å². The lowest BCUT2D eigenvalue weighted by Crippen LogP contribution is -2.32. The molecule has 0 spiro atoms. The van der Waals surface area contributed by atoms with Crippen molar-refractivity contribution in [2.45, 2.75) is 84.7 Å². The van der Waals surface area contributed by atoms with Crippen LogP contribution in [0.3, 0.4) is 0 Å². The van der Waals surface area contributed by atoms with Crippen molar-refractivity contribution in [1.82, 2.24) is 14.5 Å². The molecule has 10 nitrogen and oxygen atoms in total. The summed E-state index contributed by atoms with van der Waals surface area (Å²) >= 11 is 0. The van der Waals surface area contributed by atoms with Crippen LogP contribution in [0.5, 0.6) is 11.6 Å². The Morgan fingerprint density at radius 3 is 2.34 bits per heavy atom. The van der Waals surface area contributed by atoms with Crippen molar-refractivity contribution in [3.05, 3.63) is 29.5 Å². The predicted molar refractivity (Wildman–Crippen MR) is 134 cm³/mol. The maximum atomic E-state index is 13.3. The summed E-state index contributed by atoms with van der Waals surface area (Å²) in [5.41, 5.74) is -0.263. The molecule has 2 aromatic rings. The molecule has 1 heterocycles. The van der Waals surface area contributed by atoms with Gasteiger partial charge in [-0.3, -0.25) is 4.79 Å². The second kappa shape index (κ2) is 10.8. The fourth-order valence-electron chi connectivity index (χ4n) is 3.24. The van der Waals surface area contributed by atoms with Gasteiger partial charge in [-0.15, -0.1) is 0 Å². The topological polar surface area (TPSA) is 140 Å². The smallest absolute Gasteiger partial charge is 0.356 e. The van der Waals surface area contributed by atoms with Crippen LogP contribution in [-0.4, -0.2) is 41.2 Å². The maximum absolute atomic E-state index is 13.3. The first-order valence-corrected chi connectivity index (χ1v) is 13.0. The fraction of sp³-hybridized carbons (Fsp3) is 0.542. The molecule has 0 saturated heterocycles. The Hall–Kier alpha value is -2.92. The highest BCUT2D eigenvalue weighted by atomic mass is 32.2. The third-order valence-electron chi connectivity index (χ3n) is 5.19. The molecular weight excluding hydrogens is 472 g/mol. The lowest BCUT2D eigenvalue weighted by molar-refractivity contribution is -0.116. The number of benzene rings is 1. The van der Waals surface area contributed by atoms with E-state index in [4.69, 9.17) is 4.74 Å². The highest BCUT2D eigenvalue weighted by Crippen LogP contribution is 2.36. The molecule has 1 amide bonds. The van der Waals surface area contributed by atoms with Crippen molar-refractivity contribution < 1.29 is 27.9 Å². The van der Waals surface area contributed by atoms with Gasteiger partial charge in [0.1, 0.15) is 10.6 Å². The summed E-state index contributed by atoms with van der Waals surface area (Å²) in [6.07, 6.45) is 0.853. The fourth-order valence-corrected chi connectivity index (χ4v) is 4.72. The molecule has 35 heavy (non-hydrogen) atoms. The van der Waals surface area contributed by atoms with Gasteiger partial charge in [-0.25, -0.2) is 22.6 Å². The van der Waals surface area contributed by atoms with E-state index >= 15 is 0 Å². The van der Waals surface area contributed by atoms with E-state index in [0.29, 0.717) is 12.1 Å². The minimum Gasteiger partial charge on any atom is -0.476 e. The number of aromatic nitrogens is 2. The van der Waals surface area contributed by atoms with Gasteiger partial charge in [0.25, 0.3) is 0 Å². The number of carbonyl (C=O) groups excluding carboxylic acids is 1. The van der Waals surface area contributed by atoms with Gasteiger partial charge < -0.3 is 15.2 Å². The quantitative estimate of drug-likeness (QED) is 0.429. The van der Waals surface area contributed by atoms with Crippen LogP contribution in [0.15, 0.2) is 23.1 Å². The Bertz CT molecular complexity index is 1200. The summed E-state index contributed by atoms with van der Waals surface area (Å²) in [5, 5.41) is 16.5. The van der Waals surface area contributed by atoms with E-state index in [2.05, 4.69) is 15.1 Å². The van der Waals surface area contributed by atoms with Crippen molar-refractivity contribution in [3.8, 4) is 11.6 Å². The van der Waals surface area contributed by atoms with E-state index in [9.17, 15) is 23.1 Å². The van der Waals surface area contributed by atoms with Gasteiger partial charge in [0.2, 0.25) is 21.8 Å². The molecule has 0 unspecified atom stereocenters. The Morgan fingerprint density at radius 2 is 1.83 bits per heavy atom. The molecule has 0 saturated carbocycles. The number of rotatable bonds is 10. The Balaban J connectivity index is 2.64. The molecule has 194 valence electrons. The van der Waals surface area contributed by atoms with Crippen LogP contribution in [0.1, 0.15) is 77.4 Å². The maximum Gasteiger partial charge on any atom is 0.356 e. The first-order chi connectivity index (χ1) is 16.1. The van der Waals surface area contributed by atoms with E-state index in [0.717, 1.165) is 0 Å². The number of hydrogen-bond donors (Lipinski definition) is 3. The van der Waals surface area contributed by atoms with Crippen molar-refractivity contribution in [2.75, 3.05) is 5.32 Å². The molecule has 1 aromatic carbocycles. The summed E-state index contributed by atoms with van der Waals surface area (Å²) in [6, 6.07) is 3.98. The first-order valence-electron chi connectivity index (χ1n) is 11.5. The number of nitrogens with one attached hydrogen (secondary N) is 2. The standard InChI is InChI=1S/C24H36N4O6S/c1-9-15(4)27-35(32,33)19-13-17(25-20(29)12-14(2)3)10-11-18(19)34-22-16(5)21(23(30)31)26-28(22)24(6,7)8/h10-11,13-15,27H,9,12H2,1-8H3,(H,25,29)(H,30,31)/t15-/m0/s1. The predicted octanol–water partition coefficient (Wildman–Crippen LogP) is 4.50. The van der Waals surface area contributed by atoms with Gasteiger partial charge in [0, 0.05) is 23.7 Å². The molecule has 2 rings (SSSR count). The highest BCUT2D eigenvalue weighted by Gasteiger charge is 2.30. The number of carboxylic acids is 1. The molecule has 0 radical (unpaired) electrons. The number of ether oxygens (including phenoxy) is 1. The third-order valence-corrected chi connectivity index (χ3v) is 6.80. The summed E-state index contributed by atoms with van der Waals surface area (Å²) < 4.78 is 36.7. The molecule has 0 fully saturated rings. The van der Waals surface area contributed by atoms with E-state index in [1.807, 2.05) is 41.5 Å². The van der Waals surface area contributed by atoms with Crippen molar-refractivity contribution in [2.24, 2.45) is 5.92 Å². The van der Waals surface area contributed by atoms with Gasteiger partial charge in [0.15, 0.2) is 5.69 Å². The van der Waals surface area contributed by atoms with Crippen molar-refractivity contribution >= 4 is 27.6 Å². The molecule has 11 heteroatoms. The molecule has 0 aliphatic carbocycles. The van der Waals surface area contributed by atoms with Gasteiger partial charge >= 0.3 is 5.97 Å². The Labute approximate surface area is 207 Å². The summed E-state index contributed by atoms with van der Waals surface area (Å²) in [5.74, 6) is -1.22. The number of carboxylic acid groups (broad SMARTS) is 1. The number of aromatic carboxylic acids is 1. The normalized spacial score (nSPS) is 13.1. The lowest BCUT2D eigenvalue weighted by Gasteiger charge is -2.23. The molecule has 1 aromatic heterocycles. The number of hydrogen-bond acceptors (Lipinski definition) is 6. The Kier molecular flexibility index (Phi) is 8.72. The molecule has 1 atom stereocenters. The zero-order chi connectivity index (χ0) is 26.7. The summed E-state index contributed by atoms with van der Waals surface area (Å²) in [7, 11) is -4.05. The zero-order valence-corrected chi connectivity index (χ0v) is 22.4. The van der Waals surface area contributed by atoms with Gasteiger partial charge in [0.05, 0.1) is 5.54 Å². The van der Waals surface area contributed by atoms with Crippen molar-refractivity contribution in [1.29, 1.82) is 0 Å². The van der Waals surface area contributed by atoms with E-state index in [1.54, 1.807) is 19.9 Å². The monoisotopic (exact) mass is 508 g/mol. The van der Waals surface area contributed by atoms with Crippen LogP contribution in [0.2, 0.25) is 0 Å². The number of amides is 1. The van der Waals surface area contributed by atoms with Crippen LogP contribution in [0, 0.1) is 12.8 Å². The number of carbonyl (C=O) groups is 2. The Morgan fingerprint density at radius 1 is 1.20 bits per heavy atom. The zero-order valence-electron chi connectivity index (χ0n) is 21.6. The molecule has 0 aliphatic heterocycles. The third kappa shape index (κ3) is 7.04. The molecular formula is C24H36N4O6S.